The number of hydrogen-bond acceptors (Lipinski definition) is 5. The Bertz CT molecular complexity index is 1120. The first-order chi connectivity index (χ1) is 18.3. The Balaban J connectivity index is 1.52. The van der Waals surface area contributed by atoms with Gasteiger partial charge in [-0.05, 0) is 82.6 Å². The number of hydrogen-bond donors (Lipinski definition) is 2. The van der Waals surface area contributed by atoms with Crippen LogP contribution in [-0.4, -0.2) is 43.8 Å². The first-order valence-corrected chi connectivity index (χ1v) is 13.8. The quantitative estimate of drug-likeness (QED) is 0.454. The predicted octanol–water partition coefficient (Wildman–Crippen LogP) is 5.37. The molecule has 10 heteroatoms. The molecule has 3 fully saturated rings. The van der Waals surface area contributed by atoms with Gasteiger partial charge in [0.2, 0.25) is 5.91 Å². The van der Waals surface area contributed by atoms with Gasteiger partial charge in [-0.15, -0.1) is 0 Å². The molecule has 214 valence electrons. The highest BCUT2D eigenvalue weighted by Gasteiger charge is 2.53. The Labute approximate surface area is 227 Å². The van der Waals surface area contributed by atoms with Gasteiger partial charge in [-0.1, -0.05) is 6.92 Å². The summed E-state index contributed by atoms with van der Waals surface area (Å²) in [6.07, 6.45) is 1.68. The van der Waals surface area contributed by atoms with Gasteiger partial charge in [0, 0.05) is 18.7 Å². The summed E-state index contributed by atoms with van der Waals surface area (Å²) in [6, 6.07) is 4.63. The zero-order valence-electron chi connectivity index (χ0n) is 23.0. The second kappa shape index (κ2) is 11.3. The molecule has 0 heterocycles. The Morgan fingerprint density at radius 2 is 1.72 bits per heavy atom. The van der Waals surface area contributed by atoms with E-state index in [-0.39, 0.29) is 34.8 Å². The van der Waals surface area contributed by atoms with E-state index in [0.717, 1.165) is 58.8 Å². The molecule has 39 heavy (non-hydrogen) atoms. The second-order valence-corrected chi connectivity index (χ2v) is 12.1. The van der Waals surface area contributed by atoms with E-state index in [1.807, 2.05) is 0 Å². The lowest BCUT2D eigenvalue weighted by molar-refractivity contribution is -0.209. The van der Waals surface area contributed by atoms with E-state index in [1.54, 1.807) is 0 Å². The van der Waals surface area contributed by atoms with Crippen molar-refractivity contribution in [3.63, 3.8) is 0 Å². The maximum atomic E-state index is 13.6. The van der Waals surface area contributed by atoms with Crippen LogP contribution in [0.3, 0.4) is 0 Å². The summed E-state index contributed by atoms with van der Waals surface area (Å²) in [5.74, 6) is -0.314. The molecule has 7 nitrogen and oxygen atoms in total. The lowest BCUT2D eigenvalue weighted by Gasteiger charge is -2.33. The number of carbonyl (C=O) groups is 2. The molecule has 0 aliphatic heterocycles. The smallest absolute Gasteiger partial charge is 0.395 e. The summed E-state index contributed by atoms with van der Waals surface area (Å²) in [7, 11) is 1.41. The number of fused-ring (bicyclic) bond motifs is 2. The zero-order valence-corrected chi connectivity index (χ0v) is 23.0. The van der Waals surface area contributed by atoms with Crippen LogP contribution in [0.15, 0.2) is 12.1 Å². The Morgan fingerprint density at radius 1 is 1.05 bits per heavy atom. The van der Waals surface area contributed by atoms with Crippen molar-refractivity contribution in [3.8, 4) is 17.6 Å². The monoisotopic (exact) mass is 549 g/mol. The van der Waals surface area contributed by atoms with Crippen molar-refractivity contribution in [1.29, 1.82) is 5.26 Å². The largest absolute Gasteiger partial charge is 0.496 e. The maximum Gasteiger partial charge on any atom is 0.395 e. The van der Waals surface area contributed by atoms with E-state index < -0.39 is 41.9 Å². The first-order valence-electron chi connectivity index (χ1n) is 13.8. The van der Waals surface area contributed by atoms with Crippen LogP contribution in [0.2, 0.25) is 0 Å². The topological polar surface area (TPSA) is 100 Å². The third-order valence-electron chi connectivity index (χ3n) is 8.91. The molecule has 0 saturated heterocycles. The number of benzene rings is 1. The van der Waals surface area contributed by atoms with Crippen molar-refractivity contribution >= 4 is 11.8 Å². The molecular formula is C29H38F3N3O4. The maximum absolute atomic E-state index is 13.6. The molecule has 2 N–H and O–H groups in total. The molecule has 1 aromatic rings. The number of rotatable bonds is 8. The average molecular weight is 550 g/mol. The van der Waals surface area contributed by atoms with Gasteiger partial charge in [0.05, 0.1) is 35.7 Å². The number of amides is 2. The van der Waals surface area contributed by atoms with Gasteiger partial charge in [0.1, 0.15) is 17.6 Å². The van der Waals surface area contributed by atoms with Crippen molar-refractivity contribution in [2.75, 3.05) is 13.7 Å². The number of nitrogens with zero attached hydrogens (tertiary/aromatic N) is 1. The molecule has 0 spiro atoms. The standard InChI is InChI=1S/C29H38F3N3O4/c1-16-5-9-20(10-6-16)39-22-13-21(23(38-4)12-19(22)14-33)26(36)35-25-18-8-7-17(11-18)24(25)27(37)34-15-28(2,3)29(30,31)32/h12-13,16-18,20,24-25H,5-11,15H2,1-4H3,(H,34,37)(H,35,36)/t16-,17-,18+,20-,24+,25-/m1/s1. The van der Waals surface area contributed by atoms with Gasteiger partial charge < -0.3 is 20.1 Å². The molecule has 0 unspecified atom stereocenters. The van der Waals surface area contributed by atoms with E-state index >= 15 is 0 Å². The number of ether oxygens (including phenoxy) is 2. The third-order valence-corrected chi connectivity index (χ3v) is 8.91. The molecule has 4 atom stereocenters. The lowest BCUT2D eigenvalue weighted by atomic mass is 9.83. The van der Waals surface area contributed by atoms with Gasteiger partial charge in [-0.3, -0.25) is 9.59 Å². The lowest BCUT2D eigenvalue weighted by Crippen LogP contribution is -2.52. The number of nitriles is 1. The van der Waals surface area contributed by atoms with Crippen LogP contribution < -0.4 is 20.1 Å². The van der Waals surface area contributed by atoms with Crippen LogP contribution in [0.5, 0.6) is 11.5 Å². The summed E-state index contributed by atoms with van der Waals surface area (Å²) < 4.78 is 51.6. The Kier molecular flexibility index (Phi) is 8.38. The summed E-state index contributed by atoms with van der Waals surface area (Å²) in [5.41, 5.74) is -1.61. The Morgan fingerprint density at radius 3 is 2.33 bits per heavy atom. The summed E-state index contributed by atoms with van der Waals surface area (Å²) in [4.78, 5) is 26.7. The van der Waals surface area contributed by atoms with Gasteiger partial charge >= 0.3 is 6.18 Å². The van der Waals surface area contributed by atoms with Gasteiger partial charge in [-0.25, -0.2) is 0 Å². The third kappa shape index (κ3) is 6.12. The number of nitrogens with one attached hydrogen (secondary N) is 2. The second-order valence-electron chi connectivity index (χ2n) is 12.1. The number of halogens is 3. The molecule has 0 aromatic heterocycles. The van der Waals surface area contributed by atoms with Crippen LogP contribution in [0.4, 0.5) is 13.2 Å². The molecular weight excluding hydrogens is 511 g/mol. The van der Waals surface area contributed by atoms with Crippen LogP contribution in [0, 0.1) is 40.4 Å². The molecule has 4 rings (SSSR count). The van der Waals surface area contributed by atoms with E-state index in [2.05, 4.69) is 23.6 Å². The molecule has 0 radical (unpaired) electrons. The predicted molar refractivity (Wildman–Crippen MR) is 138 cm³/mol. The fourth-order valence-corrected chi connectivity index (χ4v) is 6.25. The normalized spacial score (nSPS) is 28.5. The summed E-state index contributed by atoms with van der Waals surface area (Å²) in [6.45, 7) is 3.78. The first kappa shape index (κ1) is 29.0. The molecule has 3 aliphatic rings. The molecule has 3 saturated carbocycles. The summed E-state index contributed by atoms with van der Waals surface area (Å²) in [5, 5.41) is 15.2. The van der Waals surface area contributed by atoms with Crippen LogP contribution in [0.25, 0.3) is 0 Å². The Hall–Kier alpha value is -2.96. The molecule has 3 aliphatic carbocycles. The minimum absolute atomic E-state index is 0.00440. The van der Waals surface area contributed by atoms with Gasteiger partial charge in [0.25, 0.3) is 5.91 Å². The van der Waals surface area contributed by atoms with Gasteiger partial charge in [0.15, 0.2) is 0 Å². The molecule has 2 bridgehead atoms. The number of alkyl halides is 3. The fraction of sp³-hybridized carbons (Fsp3) is 0.690. The number of methoxy groups -OCH3 is 1. The van der Waals surface area contributed by atoms with Crippen LogP contribution >= 0.6 is 0 Å². The van der Waals surface area contributed by atoms with E-state index in [0.29, 0.717) is 11.7 Å². The molecule has 1 aromatic carbocycles. The van der Waals surface area contributed by atoms with Crippen molar-refractivity contribution < 1.29 is 32.2 Å². The van der Waals surface area contributed by atoms with Gasteiger partial charge in [-0.2, -0.15) is 18.4 Å². The SMILES string of the molecule is COc1cc(C#N)c(O[C@H]2CC[C@H](C)CC2)cc1C(=O)N[C@@H]1[C@H]2CC[C@H](C2)[C@@H]1C(=O)NCC(C)(C)C(F)(F)F. The van der Waals surface area contributed by atoms with Crippen molar-refractivity contribution in [2.45, 2.75) is 84.0 Å². The van der Waals surface area contributed by atoms with E-state index in [9.17, 15) is 28.0 Å². The van der Waals surface area contributed by atoms with Crippen LogP contribution in [0.1, 0.15) is 81.6 Å². The highest BCUT2D eigenvalue weighted by Crippen LogP contribution is 2.49. The van der Waals surface area contributed by atoms with E-state index in [1.165, 1.54) is 19.2 Å². The minimum Gasteiger partial charge on any atom is -0.496 e. The average Bonchev–Trinajstić information content (AvgIpc) is 3.49. The summed E-state index contributed by atoms with van der Waals surface area (Å²) >= 11 is 0. The fourth-order valence-electron chi connectivity index (χ4n) is 6.25. The minimum atomic E-state index is -4.45. The highest BCUT2D eigenvalue weighted by atomic mass is 19.4. The zero-order chi connectivity index (χ0) is 28.5. The van der Waals surface area contributed by atoms with Crippen molar-refractivity contribution in [1.82, 2.24) is 10.6 Å². The van der Waals surface area contributed by atoms with Crippen LogP contribution in [-0.2, 0) is 4.79 Å². The van der Waals surface area contributed by atoms with E-state index in [4.69, 9.17) is 9.47 Å². The highest BCUT2D eigenvalue weighted by molar-refractivity contribution is 5.98. The number of carbonyl (C=O) groups excluding carboxylic acids is 2. The van der Waals surface area contributed by atoms with Crippen molar-refractivity contribution in [3.05, 3.63) is 23.3 Å². The van der Waals surface area contributed by atoms with Crippen molar-refractivity contribution in [2.24, 2.45) is 29.1 Å². The molecule has 2 amide bonds.